The Labute approximate surface area is 168 Å². The molecule has 0 saturated carbocycles. The zero-order chi connectivity index (χ0) is 19.6. The highest BCUT2D eigenvalue weighted by atomic mass is 16.5. The van der Waals surface area contributed by atoms with Crippen molar-refractivity contribution < 1.29 is 9.47 Å². The lowest BCUT2D eigenvalue weighted by molar-refractivity contribution is 0.160. The fourth-order valence-electron chi connectivity index (χ4n) is 3.42. The molecule has 0 atom stereocenters. The molecule has 1 aromatic carbocycles. The maximum atomic E-state index is 6.15. The van der Waals surface area contributed by atoms with Gasteiger partial charge in [-0.1, -0.05) is 18.2 Å². The first-order valence-corrected chi connectivity index (χ1v) is 9.39. The summed E-state index contributed by atoms with van der Waals surface area (Å²) in [4.78, 5) is 20.0. The zero-order valence-electron chi connectivity index (χ0n) is 15.9. The highest BCUT2D eigenvalue weighted by Gasteiger charge is 2.31. The molecule has 4 heterocycles. The van der Waals surface area contributed by atoms with Gasteiger partial charge in [-0.25, -0.2) is 19.9 Å². The van der Waals surface area contributed by atoms with E-state index in [1.54, 1.807) is 25.7 Å². The molecule has 4 aromatic rings. The predicted molar refractivity (Wildman–Crippen MR) is 110 cm³/mol. The molecule has 29 heavy (non-hydrogen) atoms. The number of rotatable bonds is 5. The number of para-hydroxylation sites is 1. The van der Waals surface area contributed by atoms with E-state index in [-0.39, 0.29) is 6.10 Å². The zero-order valence-corrected chi connectivity index (χ0v) is 15.9. The molecule has 5 rings (SSSR count). The molecular weight excluding hydrogens is 366 g/mol. The molecule has 0 unspecified atom stereocenters. The highest BCUT2D eigenvalue weighted by molar-refractivity contribution is 5.80. The number of aromatic nitrogens is 4. The van der Waals surface area contributed by atoms with Crippen LogP contribution in [0.1, 0.15) is 0 Å². The fraction of sp³-hybridized carbons (Fsp3) is 0.182. The summed E-state index contributed by atoms with van der Waals surface area (Å²) in [7, 11) is 1.59. The number of benzene rings is 1. The molecule has 3 aromatic heterocycles. The van der Waals surface area contributed by atoms with Crippen LogP contribution < -0.4 is 14.4 Å². The number of anilines is 1. The first kappa shape index (κ1) is 17.4. The second kappa shape index (κ2) is 7.35. The van der Waals surface area contributed by atoms with Gasteiger partial charge in [0.2, 0.25) is 11.8 Å². The SMILES string of the molecule is COc1ncccc1-c1nccnc1OC1CN(c2ccc3ccccc3n2)C1. The molecule has 1 saturated heterocycles. The molecule has 144 valence electrons. The Hall–Kier alpha value is -3.74. The van der Waals surface area contributed by atoms with Gasteiger partial charge in [0.15, 0.2) is 0 Å². The smallest absolute Gasteiger partial charge is 0.241 e. The number of methoxy groups -OCH3 is 1. The Morgan fingerprint density at radius 1 is 0.862 bits per heavy atom. The van der Waals surface area contributed by atoms with E-state index in [1.807, 2.05) is 36.4 Å². The minimum Gasteiger partial charge on any atom is -0.481 e. The van der Waals surface area contributed by atoms with Crippen molar-refractivity contribution in [3.05, 3.63) is 67.1 Å². The summed E-state index contributed by atoms with van der Waals surface area (Å²) in [5.74, 6) is 1.93. The standard InChI is InChI=1S/C22H19N5O2/c1-28-21-17(6-4-10-24-21)20-22(25-12-11-23-20)29-16-13-27(14-16)19-9-8-15-5-2-3-7-18(15)26-19/h2-12,16H,13-14H2,1H3. The van der Waals surface area contributed by atoms with E-state index in [9.17, 15) is 0 Å². The van der Waals surface area contributed by atoms with E-state index in [4.69, 9.17) is 14.5 Å². The quantitative estimate of drug-likeness (QED) is 0.521. The molecule has 0 spiro atoms. The van der Waals surface area contributed by atoms with Gasteiger partial charge < -0.3 is 14.4 Å². The summed E-state index contributed by atoms with van der Waals surface area (Å²) in [5.41, 5.74) is 2.37. The van der Waals surface area contributed by atoms with Crippen molar-refractivity contribution in [3.8, 4) is 23.0 Å². The molecule has 0 aliphatic carbocycles. The molecule has 1 aliphatic rings. The van der Waals surface area contributed by atoms with Gasteiger partial charge in [0.05, 0.1) is 31.3 Å². The predicted octanol–water partition coefficient (Wildman–Crippen LogP) is 3.36. The average Bonchev–Trinajstić information content (AvgIpc) is 2.76. The molecule has 7 nitrogen and oxygen atoms in total. The van der Waals surface area contributed by atoms with Crippen LogP contribution in [0, 0.1) is 0 Å². The number of hydrogen-bond donors (Lipinski definition) is 0. The Morgan fingerprint density at radius 3 is 2.59 bits per heavy atom. The first-order valence-electron chi connectivity index (χ1n) is 9.39. The maximum absolute atomic E-state index is 6.15. The lowest BCUT2D eigenvalue weighted by Gasteiger charge is -2.39. The minimum atomic E-state index is 0.0152. The van der Waals surface area contributed by atoms with Crippen LogP contribution in [0.5, 0.6) is 11.8 Å². The lowest BCUT2D eigenvalue weighted by atomic mass is 10.1. The summed E-state index contributed by atoms with van der Waals surface area (Å²) in [6.07, 6.45) is 4.96. The Morgan fingerprint density at radius 2 is 1.69 bits per heavy atom. The number of hydrogen-bond acceptors (Lipinski definition) is 7. The Balaban J connectivity index is 1.33. The van der Waals surface area contributed by atoms with Crippen LogP contribution in [-0.2, 0) is 0 Å². The third kappa shape index (κ3) is 3.31. The number of nitrogens with zero attached hydrogens (tertiary/aromatic N) is 5. The van der Waals surface area contributed by atoms with E-state index < -0.39 is 0 Å². The molecular formula is C22H19N5O2. The molecule has 7 heteroatoms. The van der Waals surface area contributed by atoms with Gasteiger partial charge in [-0.2, -0.15) is 0 Å². The van der Waals surface area contributed by atoms with Crippen molar-refractivity contribution in [2.24, 2.45) is 0 Å². The summed E-state index contributed by atoms with van der Waals surface area (Å²) in [6.45, 7) is 1.48. The minimum absolute atomic E-state index is 0.0152. The van der Waals surface area contributed by atoms with Gasteiger partial charge in [-0.15, -0.1) is 0 Å². The summed E-state index contributed by atoms with van der Waals surface area (Å²) < 4.78 is 11.5. The van der Waals surface area contributed by atoms with Crippen molar-refractivity contribution in [3.63, 3.8) is 0 Å². The lowest BCUT2D eigenvalue weighted by Crippen LogP contribution is -2.54. The second-order valence-corrected chi connectivity index (χ2v) is 6.78. The van der Waals surface area contributed by atoms with Crippen molar-refractivity contribution >= 4 is 16.7 Å². The van der Waals surface area contributed by atoms with Crippen LogP contribution >= 0.6 is 0 Å². The van der Waals surface area contributed by atoms with E-state index in [0.29, 0.717) is 17.5 Å². The van der Waals surface area contributed by atoms with Crippen molar-refractivity contribution in [1.29, 1.82) is 0 Å². The van der Waals surface area contributed by atoms with E-state index in [1.165, 1.54) is 0 Å². The average molecular weight is 385 g/mol. The normalized spacial score (nSPS) is 13.9. The molecule has 1 fully saturated rings. The Bertz CT molecular complexity index is 1160. The first-order chi connectivity index (χ1) is 14.3. The number of pyridine rings is 2. The third-order valence-corrected chi connectivity index (χ3v) is 4.92. The number of fused-ring (bicyclic) bond motifs is 1. The van der Waals surface area contributed by atoms with Gasteiger partial charge >= 0.3 is 0 Å². The molecule has 0 N–H and O–H groups in total. The Kier molecular flexibility index (Phi) is 4.40. The van der Waals surface area contributed by atoms with Crippen LogP contribution in [0.15, 0.2) is 67.1 Å². The van der Waals surface area contributed by atoms with E-state index >= 15 is 0 Å². The van der Waals surface area contributed by atoms with Crippen LogP contribution in [0.4, 0.5) is 5.82 Å². The van der Waals surface area contributed by atoms with Crippen LogP contribution in [0.25, 0.3) is 22.2 Å². The molecule has 0 amide bonds. The van der Waals surface area contributed by atoms with Gasteiger partial charge in [0.1, 0.15) is 17.6 Å². The third-order valence-electron chi connectivity index (χ3n) is 4.92. The summed E-state index contributed by atoms with van der Waals surface area (Å²) in [6, 6.07) is 16.0. The van der Waals surface area contributed by atoms with Gasteiger partial charge in [0.25, 0.3) is 0 Å². The van der Waals surface area contributed by atoms with Crippen LogP contribution in [0.3, 0.4) is 0 Å². The van der Waals surface area contributed by atoms with E-state index in [2.05, 4.69) is 32.0 Å². The van der Waals surface area contributed by atoms with Gasteiger partial charge in [0, 0.05) is 24.0 Å². The fourth-order valence-corrected chi connectivity index (χ4v) is 3.42. The van der Waals surface area contributed by atoms with Crippen molar-refractivity contribution in [1.82, 2.24) is 19.9 Å². The summed E-state index contributed by atoms with van der Waals surface area (Å²) >= 11 is 0. The van der Waals surface area contributed by atoms with E-state index in [0.717, 1.165) is 35.4 Å². The van der Waals surface area contributed by atoms with Crippen molar-refractivity contribution in [2.45, 2.75) is 6.10 Å². The number of ether oxygens (including phenoxy) is 2. The summed E-state index contributed by atoms with van der Waals surface area (Å²) in [5, 5.41) is 1.14. The monoisotopic (exact) mass is 385 g/mol. The van der Waals surface area contributed by atoms with Gasteiger partial charge in [-0.05, 0) is 30.3 Å². The second-order valence-electron chi connectivity index (χ2n) is 6.78. The maximum Gasteiger partial charge on any atom is 0.241 e. The molecule has 1 aliphatic heterocycles. The largest absolute Gasteiger partial charge is 0.481 e. The molecule has 0 radical (unpaired) electrons. The van der Waals surface area contributed by atoms with Crippen LogP contribution in [0.2, 0.25) is 0 Å². The van der Waals surface area contributed by atoms with Crippen LogP contribution in [-0.4, -0.2) is 46.2 Å². The van der Waals surface area contributed by atoms with Crippen molar-refractivity contribution in [2.75, 3.05) is 25.1 Å². The van der Waals surface area contributed by atoms with Gasteiger partial charge in [-0.3, -0.25) is 0 Å². The highest BCUT2D eigenvalue weighted by Crippen LogP contribution is 2.33. The topological polar surface area (TPSA) is 73.3 Å². The molecule has 0 bridgehead atoms.